The van der Waals surface area contributed by atoms with Crippen molar-refractivity contribution in [1.82, 2.24) is 10.2 Å². The number of H-pyrrole nitrogens is 1. The normalized spacial score (nSPS) is 10.3. The first kappa shape index (κ1) is 11.6. The minimum atomic E-state index is -0.660. The van der Waals surface area contributed by atoms with Crippen molar-refractivity contribution in [2.24, 2.45) is 0 Å². The van der Waals surface area contributed by atoms with E-state index in [1.54, 1.807) is 13.1 Å². The molecule has 0 unspecified atom stereocenters. The molecule has 0 spiro atoms. The van der Waals surface area contributed by atoms with E-state index in [0.29, 0.717) is 5.82 Å². The SMILES string of the molecule is Cc1cn[nH]c1NC(=O)c1c(F)cccc1Cl. The highest BCUT2D eigenvalue weighted by Crippen LogP contribution is 2.20. The molecule has 1 amide bonds. The fourth-order valence-corrected chi connectivity index (χ4v) is 1.61. The molecular weight excluding hydrogens is 245 g/mol. The molecule has 0 atom stereocenters. The third-order valence-corrected chi connectivity index (χ3v) is 2.57. The largest absolute Gasteiger partial charge is 0.307 e. The molecule has 0 radical (unpaired) electrons. The quantitative estimate of drug-likeness (QED) is 0.865. The number of aromatic nitrogens is 2. The van der Waals surface area contributed by atoms with E-state index in [4.69, 9.17) is 11.6 Å². The highest BCUT2D eigenvalue weighted by Gasteiger charge is 2.16. The van der Waals surface area contributed by atoms with Crippen molar-refractivity contribution in [3.8, 4) is 0 Å². The number of nitrogens with zero attached hydrogens (tertiary/aromatic N) is 1. The molecule has 0 aliphatic heterocycles. The monoisotopic (exact) mass is 253 g/mol. The van der Waals surface area contributed by atoms with Crippen molar-refractivity contribution >= 4 is 23.3 Å². The molecule has 1 aromatic heterocycles. The number of aromatic amines is 1. The molecule has 4 nitrogen and oxygen atoms in total. The van der Waals surface area contributed by atoms with E-state index in [1.807, 2.05) is 0 Å². The average Bonchev–Trinajstić information content (AvgIpc) is 2.64. The molecule has 2 rings (SSSR count). The number of hydrogen-bond donors (Lipinski definition) is 2. The van der Waals surface area contributed by atoms with Crippen LogP contribution >= 0.6 is 11.6 Å². The maximum Gasteiger partial charge on any atom is 0.261 e. The van der Waals surface area contributed by atoms with Crippen LogP contribution in [0.1, 0.15) is 15.9 Å². The molecule has 88 valence electrons. The van der Waals surface area contributed by atoms with Crippen molar-refractivity contribution in [3.05, 3.63) is 46.4 Å². The maximum absolute atomic E-state index is 13.5. The smallest absolute Gasteiger partial charge is 0.261 e. The van der Waals surface area contributed by atoms with Gasteiger partial charge in [-0.05, 0) is 19.1 Å². The summed E-state index contributed by atoms with van der Waals surface area (Å²) >= 11 is 5.78. The number of carbonyl (C=O) groups excluding carboxylic acids is 1. The van der Waals surface area contributed by atoms with Gasteiger partial charge in [0.05, 0.1) is 16.8 Å². The van der Waals surface area contributed by atoms with Crippen LogP contribution in [0.5, 0.6) is 0 Å². The molecule has 0 fully saturated rings. The predicted molar refractivity (Wildman–Crippen MR) is 62.7 cm³/mol. The van der Waals surface area contributed by atoms with Gasteiger partial charge in [0.1, 0.15) is 11.6 Å². The number of aryl methyl sites for hydroxylation is 1. The molecule has 1 aromatic carbocycles. The van der Waals surface area contributed by atoms with Crippen LogP contribution in [0.2, 0.25) is 5.02 Å². The molecule has 0 bridgehead atoms. The lowest BCUT2D eigenvalue weighted by atomic mass is 10.2. The summed E-state index contributed by atoms with van der Waals surface area (Å²) in [6.45, 7) is 1.77. The fourth-order valence-electron chi connectivity index (χ4n) is 1.36. The zero-order valence-corrected chi connectivity index (χ0v) is 9.68. The predicted octanol–water partition coefficient (Wildman–Crippen LogP) is 2.76. The summed E-state index contributed by atoms with van der Waals surface area (Å²) in [5, 5.41) is 8.92. The second kappa shape index (κ2) is 4.55. The Morgan fingerprint density at radius 1 is 1.53 bits per heavy atom. The molecule has 0 aliphatic carbocycles. The summed E-state index contributed by atoms with van der Waals surface area (Å²) in [4.78, 5) is 11.8. The zero-order valence-electron chi connectivity index (χ0n) is 8.92. The van der Waals surface area contributed by atoms with Gasteiger partial charge in [-0.3, -0.25) is 9.89 Å². The lowest BCUT2D eigenvalue weighted by Gasteiger charge is -2.06. The number of benzene rings is 1. The standard InChI is InChI=1S/C11H9ClFN3O/c1-6-5-14-16-10(6)15-11(17)9-7(12)3-2-4-8(9)13/h2-5H,1H3,(H2,14,15,16,17). The van der Waals surface area contributed by atoms with E-state index in [2.05, 4.69) is 15.5 Å². The van der Waals surface area contributed by atoms with Crippen LogP contribution < -0.4 is 5.32 Å². The van der Waals surface area contributed by atoms with Gasteiger partial charge in [0.2, 0.25) is 0 Å². The Morgan fingerprint density at radius 3 is 2.88 bits per heavy atom. The molecule has 2 N–H and O–H groups in total. The summed E-state index contributed by atoms with van der Waals surface area (Å²) < 4.78 is 13.5. The van der Waals surface area contributed by atoms with Crippen LogP contribution in [0.15, 0.2) is 24.4 Å². The number of anilines is 1. The third kappa shape index (κ3) is 2.29. The fraction of sp³-hybridized carbons (Fsp3) is 0.0909. The Balaban J connectivity index is 2.30. The first-order valence-electron chi connectivity index (χ1n) is 4.85. The van der Waals surface area contributed by atoms with Crippen molar-refractivity contribution in [2.75, 3.05) is 5.32 Å². The summed E-state index contributed by atoms with van der Waals surface area (Å²) in [7, 11) is 0. The van der Waals surface area contributed by atoms with Crippen molar-refractivity contribution in [3.63, 3.8) is 0 Å². The second-order valence-corrected chi connectivity index (χ2v) is 3.89. The Morgan fingerprint density at radius 2 is 2.29 bits per heavy atom. The topological polar surface area (TPSA) is 57.8 Å². The summed E-state index contributed by atoms with van der Waals surface area (Å²) in [6, 6.07) is 4.08. The minimum Gasteiger partial charge on any atom is -0.307 e. The van der Waals surface area contributed by atoms with Gasteiger partial charge >= 0.3 is 0 Å². The van der Waals surface area contributed by atoms with Crippen LogP contribution in [0.25, 0.3) is 0 Å². The van der Waals surface area contributed by atoms with Crippen LogP contribution in [0.4, 0.5) is 10.2 Å². The third-order valence-electron chi connectivity index (χ3n) is 2.26. The molecule has 2 aromatic rings. The molecule has 0 saturated heterocycles. The van der Waals surface area contributed by atoms with Gasteiger partial charge in [0.15, 0.2) is 0 Å². The van der Waals surface area contributed by atoms with Gasteiger partial charge in [-0.1, -0.05) is 17.7 Å². The number of halogens is 2. The van der Waals surface area contributed by atoms with E-state index >= 15 is 0 Å². The van der Waals surface area contributed by atoms with Gasteiger partial charge in [-0.25, -0.2) is 4.39 Å². The second-order valence-electron chi connectivity index (χ2n) is 3.48. The summed E-state index contributed by atoms with van der Waals surface area (Å²) in [5.74, 6) is -0.845. The number of hydrogen-bond acceptors (Lipinski definition) is 2. The first-order valence-corrected chi connectivity index (χ1v) is 5.22. The molecule has 17 heavy (non-hydrogen) atoms. The van der Waals surface area contributed by atoms with Gasteiger partial charge in [-0.2, -0.15) is 5.10 Å². The first-order chi connectivity index (χ1) is 8.09. The lowest BCUT2D eigenvalue weighted by molar-refractivity contribution is 0.102. The molecule has 0 aliphatic rings. The molecule has 0 saturated carbocycles. The van der Waals surface area contributed by atoms with E-state index < -0.39 is 11.7 Å². The number of nitrogens with one attached hydrogen (secondary N) is 2. The Hall–Kier alpha value is -1.88. The average molecular weight is 254 g/mol. The van der Waals surface area contributed by atoms with E-state index in [0.717, 1.165) is 5.56 Å². The van der Waals surface area contributed by atoms with Crippen LogP contribution in [-0.2, 0) is 0 Å². The highest BCUT2D eigenvalue weighted by atomic mass is 35.5. The number of amides is 1. The van der Waals surface area contributed by atoms with Gasteiger partial charge in [-0.15, -0.1) is 0 Å². The van der Waals surface area contributed by atoms with Gasteiger partial charge < -0.3 is 5.32 Å². The Kier molecular flexibility index (Phi) is 3.10. The van der Waals surface area contributed by atoms with Crippen LogP contribution in [0, 0.1) is 12.7 Å². The molecule has 1 heterocycles. The zero-order chi connectivity index (χ0) is 12.4. The van der Waals surface area contributed by atoms with Gasteiger partial charge in [0, 0.05) is 5.56 Å². The lowest BCUT2D eigenvalue weighted by Crippen LogP contribution is -2.15. The van der Waals surface area contributed by atoms with E-state index in [-0.39, 0.29) is 10.6 Å². The van der Waals surface area contributed by atoms with E-state index in [1.165, 1.54) is 18.2 Å². The van der Waals surface area contributed by atoms with E-state index in [9.17, 15) is 9.18 Å². The maximum atomic E-state index is 13.5. The minimum absolute atomic E-state index is 0.0691. The summed E-state index contributed by atoms with van der Waals surface area (Å²) in [6.07, 6.45) is 1.55. The van der Waals surface area contributed by atoms with Crippen LogP contribution in [0.3, 0.4) is 0 Å². The molecule has 6 heteroatoms. The highest BCUT2D eigenvalue weighted by molar-refractivity contribution is 6.34. The van der Waals surface area contributed by atoms with Crippen molar-refractivity contribution in [2.45, 2.75) is 6.92 Å². The van der Waals surface area contributed by atoms with Crippen molar-refractivity contribution < 1.29 is 9.18 Å². The molecular formula is C11H9ClFN3O. The Labute approximate surface area is 102 Å². The number of rotatable bonds is 2. The van der Waals surface area contributed by atoms with Crippen LogP contribution in [-0.4, -0.2) is 16.1 Å². The number of carbonyl (C=O) groups is 1. The van der Waals surface area contributed by atoms with Gasteiger partial charge in [0.25, 0.3) is 5.91 Å². The van der Waals surface area contributed by atoms with Crippen molar-refractivity contribution in [1.29, 1.82) is 0 Å². The summed E-state index contributed by atoms with van der Waals surface area (Å²) in [5.41, 5.74) is 0.578. The Bertz CT molecular complexity index is 547.